The van der Waals surface area contributed by atoms with Crippen molar-refractivity contribution in [3.63, 3.8) is 0 Å². The predicted molar refractivity (Wildman–Crippen MR) is 79.2 cm³/mol. The van der Waals surface area contributed by atoms with Crippen LogP contribution in [0.25, 0.3) is 0 Å². The molecule has 0 aromatic carbocycles. The Morgan fingerprint density at radius 1 is 1.25 bits per heavy atom. The van der Waals surface area contributed by atoms with Crippen molar-refractivity contribution < 1.29 is 9.53 Å². The number of amides is 1. The minimum Gasteiger partial charge on any atom is -0.444 e. The van der Waals surface area contributed by atoms with Gasteiger partial charge in [-0.2, -0.15) is 5.26 Å². The molecule has 0 spiro atoms. The first-order chi connectivity index (χ1) is 9.31. The zero-order chi connectivity index (χ0) is 15.2. The molecule has 0 unspecified atom stereocenters. The Balaban J connectivity index is 2.24. The lowest BCUT2D eigenvalue weighted by atomic mass is 9.79. The largest absolute Gasteiger partial charge is 0.444 e. The summed E-state index contributed by atoms with van der Waals surface area (Å²) in [6.45, 7) is 6.40. The molecule has 0 bridgehead atoms. The van der Waals surface area contributed by atoms with Crippen molar-refractivity contribution in [3.8, 4) is 6.07 Å². The molecule has 1 aliphatic carbocycles. The van der Waals surface area contributed by atoms with E-state index in [4.69, 9.17) is 10.00 Å². The van der Waals surface area contributed by atoms with Crippen molar-refractivity contribution in [1.82, 2.24) is 4.90 Å². The minimum atomic E-state index is -0.430. The second-order valence-corrected chi connectivity index (χ2v) is 6.94. The highest BCUT2D eigenvalue weighted by molar-refractivity contribution is 5.67. The molecule has 0 aromatic rings. The quantitative estimate of drug-likeness (QED) is 0.783. The van der Waals surface area contributed by atoms with Crippen molar-refractivity contribution in [3.05, 3.63) is 0 Å². The lowest BCUT2D eigenvalue weighted by Crippen LogP contribution is -2.35. The van der Waals surface area contributed by atoms with Crippen LogP contribution < -0.4 is 0 Å². The van der Waals surface area contributed by atoms with Crippen molar-refractivity contribution >= 4 is 6.09 Å². The molecule has 4 nitrogen and oxygen atoms in total. The van der Waals surface area contributed by atoms with Crippen LogP contribution >= 0.6 is 0 Å². The van der Waals surface area contributed by atoms with E-state index in [-0.39, 0.29) is 6.09 Å². The van der Waals surface area contributed by atoms with Gasteiger partial charge in [0.15, 0.2) is 0 Å². The normalized spacial score (nSPS) is 22.9. The molecule has 4 heteroatoms. The van der Waals surface area contributed by atoms with Gasteiger partial charge in [0.1, 0.15) is 5.60 Å². The van der Waals surface area contributed by atoms with Crippen LogP contribution in [0.2, 0.25) is 0 Å². The zero-order valence-corrected chi connectivity index (χ0v) is 13.3. The van der Waals surface area contributed by atoms with Gasteiger partial charge in [-0.3, -0.25) is 0 Å². The maximum absolute atomic E-state index is 11.8. The minimum absolute atomic E-state index is 0.240. The summed E-state index contributed by atoms with van der Waals surface area (Å²) < 4.78 is 5.34. The Hall–Kier alpha value is -1.24. The molecule has 20 heavy (non-hydrogen) atoms. The van der Waals surface area contributed by atoms with Gasteiger partial charge in [0.2, 0.25) is 0 Å². The zero-order valence-electron chi connectivity index (χ0n) is 13.3. The third-order valence-corrected chi connectivity index (χ3v) is 3.92. The molecule has 1 aliphatic rings. The van der Waals surface area contributed by atoms with E-state index in [0.717, 1.165) is 25.8 Å². The Bertz CT molecular complexity index is 346. The van der Waals surface area contributed by atoms with Gasteiger partial charge in [0, 0.05) is 20.0 Å². The van der Waals surface area contributed by atoms with E-state index in [1.807, 2.05) is 20.8 Å². The highest BCUT2D eigenvalue weighted by Gasteiger charge is 2.23. The summed E-state index contributed by atoms with van der Waals surface area (Å²) in [4.78, 5) is 13.5. The molecule has 0 heterocycles. The lowest BCUT2D eigenvalue weighted by Gasteiger charge is -2.29. The Kier molecular flexibility index (Phi) is 6.32. The van der Waals surface area contributed by atoms with Crippen LogP contribution in [0.15, 0.2) is 0 Å². The maximum Gasteiger partial charge on any atom is 0.410 e. The number of rotatable bonds is 4. The number of nitrogens with zero attached hydrogens (tertiary/aromatic N) is 2. The number of ether oxygens (including phenoxy) is 1. The van der Waals surface area contributed by atoms with Gasteiger partial charge >= 0.3 is 6.09 Å². The standard InChI is InChI=1S/C16H28N2O2/c1-16(2,3)20-15(19)18(4)12-10-14-7-5-13(6-8-14)9-11-17/h13-14H,5-10,12H2,1-4H3. The Morgan fingerprint density at radius 2 is 1.80 bits per heavy atom. The Labute approximate surface area is 123 Å². The van der Waals surface area contributed by atoms with Crippen LogP contribution in [0.5, 0.6) is 0 Å². The number of hydrogen-bond donors (Lipinski definition) is 0. The number of hydrogen-bond acceptors (Lipinski definition) is 3. The van der Waals surface area contributed by atoms with Crippen LogP contribution in [0.1, 0.15) is 59.3 Å². The van der Waals surface area contributed by atoms with E-state index in [1.165, 1.54) is 12.8 Å². The smallest absolute Gasteiger partial charge is 0.410 e. The molecule has 1 amide bonds. The van der Waals surface area contributed by atoms with Crippen LogP contribution in [0.3, 0.4) is 0 Å². The fourth-order valence-electron chi connectivity index (χ4n) is 2.66. The van der Waals surface area contributed by atoms with Crippen LogP contribution in [0.4, 0.5) is 4.79 Å². The van der Waals surface area contributed by atoms with E-state index in [2.05, 4.69) is 6.07 Å². The predicted octanol–water partition coefficient (Wildman–Crippen LogP) is 3.96. The van der Waals surface area contributed by atoms with Crippen molar-refractivity contribution in [2.45, 2.75) is 64.9 Å². The molecule has 1 saturated carbocycles. The van der Waals surface area contributed by atoms with Gasteiger partial charge < -0.3 is 9.64 Å². The fourth-order valence-corrected chi connectivity index (χ4v) is 2.66. The van der Waals surface area contributed by atoms with E-state index in [0.29, 0.717) is 18.3 Å². The van der Waals surface area contributed by atoms with Gasteiger partial charge in [-0.25, -0.2) is 4.79 Å². The van der Waals surface area contributed by atoms with Crippen molar-refractivity contribution in [2.24, 2.45) is 11.8 Å². The van der Waals surface area contributed by atoms with Crippen LogP contribution in [-0.4, -0.2) is 30.2 Å². The van der Waals surface area contributed by atoms with E-state index in [9.17, 15) is 4.79 Å². The third kappa shape index (κ3) is 6.27. The molecule has 0 saturated heterocycles. The molecule has 0 aromatic heterocycles. The molecule has 0 aliphatic heterocycles. The highest BCUT2D eigenvalue weighted by atomic mass is 16.6. The molecule has 0 atom stereocenters. The van der Waals surface area contributed by atoms with Crippen LogP contribution in [-0.2, 0) is 4.74 Å². The molecular weight excluding hydrogens is 252 g/mol. The van der Waals surface area contributed by atoms with Crippen molar-refractivity contribution in [2.75, 3.05) is 13.6 Å². The topological polar surface area (TPSA) is 53.3 Å². The Morgan fingerprint density at radius 3 is 2.30 bits per heavy atom. The third-order valence-electron chi connectivity index (χ3n) is 3.92. The van der Waals surface area contributed by atoms with Crippen LogP contribution in [0, 0.1) is 23.2 Å². The van der Waals surface area contributed by atoms with E-state index >= 15 is 0 Å². The van der Waals surface area contributed by atoms with E-state index in [1.54, 1.807) is 11.9 Å². The molecule has 0 N–H and O–H groups in total. The number of carbonyl (C=O) groups excluding carboxylic acids is 1. The second kappa shape index (κ2) is 7.52. The van der Waals surface area contributed by atoms with Gasteiger partial charge in [-0.15, -0.1) is 0 Å². The van der Waals surface area contributed by atoms with Crippen molar-refractivity contribution in [1.29, 1.82) is 5.26 Å². The SMILES string of the molecule is CN(CCC1CCC(CC#N)CC1)C(=O)OC(C)(C)C. The highest BCUT2D eigenvalue weighted by Crippen LogP contribution is 2.32. The lowest BCUT2D eigenvalue weighted by molar-refractivity contribution is 0.0286. The fraction of sp³-hybridized carbons (Fsp3) is 0.875. The van der Waals surface area contributed by atoms with Gasteiger partial charge in [0.05, 0.1) is 6.07 Å². The molecular formula is C16H28N2O2. The monoisotopic (exact) mass is 280 g/mol. The first kappa shape index (κ1) is 16.8. The summed E-state index contributed by atoms with van der Waals surface area (Å²) in [7, 11) is 1.80. The molecule has 1 rings (SSSR count). The summed E-state index contributed by atoms with van der Waals surface area (Å²) in [6.07, 6.45) is 6.20. The summed E-state index contributed by atoms with van der Waals surface area (Å²) in [5, 5.41) is 8.71. The summed E-state index contributed by atoms with van der Waals surface area (Å²) in [5.41, 5.74) is -0.430. The summed E-state index contributed by atoms with van der Waals surface area (Å²) in [6, 6.07) is 2.27. The summed E-state index contributed by atoms with van der Waals surface area (Å²) in [5.74, 6) is 1.29. The van der Waals surface area contributed by atoms with Gasteiger partial charge in [-0.1, -0.05) is 12.8 Å². The maximum atomic E-state index is 11.8. The van der Waals surface area contributed by atoms with E-state index < -0.39 is 5.60 Å². The number of nitriles is 1. The van der Waals surface area contributed by atoms with Gasteiger partial charge in [0.25, 0.3) is 0 Å². The number of carbonyl (C=O) groups is 1. The first-order valence-corrected chi connectivity index (χ1v) is 7.63. The summed E-state index contributed by atoms with van der Waals surface area (Å²) >= 11 is 0. The first-order valence-electron chi connectivity index (χ1n) is 7.63. The average Bonchev–Trinajstić information content (AvgIpc) is 2.36. The second-order valence-electron chi connectivity index (χ2n) is 6.94. The average molecular weight is 280 g/mol. The molecule has 0 radical (unpaired) electrons. The molecule has 114 valence electrons. The molecule has 1 fully saturated rings. The van der Waals surface area contributed by atoms with Gasteiger partial charge in [-0.05, 0) is 51.9 Å².